The zero-order valence-corrected chi connectivity index (χ0v) is 17.4. The van der Waals surface area contributed by atoms with E-state index in [2.05, 4.69) is 10.7 Å². The number of rotatable bonds is 8. The molecule has 6 N–H and O–H groups in total. The van der Waals surface area contributed by atoms with Gasteiger partial charge in [0, 0.05) is 6.42 Å². The Kier molecular flexibility index (Phi) is 7.79. The molecule has 0 aliphatic carbocycles. The van der Waals surface area contributed by atoms with E-state index in [1.807, 2.05) is 0 Å². The van der Waals surface area contributed by atoms with Crippen molar-refractivity contribution in [3.63, 3.8) is 0 Å². The van der Waals surface area contributed by atoms with Crippen LogP contribution >= 0.6 is 0 Å². The average molecular weight is 415 g/mol. The smallest absolute Gasteiger partial charge is 0.329 e. The Morgan fingerprint density at radius 2 is 1.33 bits per heavy atom. The van der Waals surface area contributed by atoms with Crippen molar-refractivity contribution in [2.75, 3.05) is 0 Å². The van der Waals surface area contributed by atoms with Crippen molar-refractivity contribution in [2.45, 2.75) is 51.3 Å². The summed E-state index contributed by atoms with van der Waals surface area (Å²) in [7, 11) is 0. The first-order valence-electron chi connectivity index (χ1n) is 9.62. The number of nitrogens with one attached hydrogen (secondary N) is 2. The second-order valence-electron chi connectivity index (χ2n) is 8.06. The number of aromatic hydroxyl groups is 2. The molecule has 0 fully saturated rings. The third kappa shape index (κ3) is 7.38. The molecule has 1 amide bonds. The molecule has 0 unspecified atom stereocenters. The zero-order chi connectivity index (χ0) is 22.3. The number of hydrogen-bond acceptors (Lipinski definition) is 7. The number of benzene rings is 2. The fourth-order valence-corrected chi connectivity index (χ4v) is 2.80. The number of phenolic OH excluding ortho intramolecular Hbond substituents is 2. The Morgan fingerprint density at radius 1 is 0.900 bits per heavy atom. The number of amides is 1. The lowest BCUT2D eigenvalue weighted by atomic mass is 10.0. The van der Waals surface area contributed by atoms with E-state index in [1.165, 1.54) is 24.3 Å². The standard InChI is InChI=1S/C22H29N3O5/c1-22(2,3)30-21(29)19(13-15-6-10-17(27)11-7-15)24-20(28)18(25-23)12-14-4-8-16(26)9-5-14/h4-11,18-19,25-27H,12-13,23H2,1-3H3,(H,24,28)/t18-,19-/m0/s1. The Labute approximate surface area is 176 Å². The first-order valence-corrected chi connectivity index (χ1v) is 9.62. The predicted octanol–water partition coefficient (Wildman–Crippen LogP) is 1.54. The summed E-state index contributed by atoms with van der Waals surface area (Å²) in [6.07, 6.45) is 0.459. The van der Waals surface area contributed by atoms with Crippen molar-refractivity contribution < 1.29 is 24.5 Å². The molecular weight excluding hydrogens is 386 g/mol. The van der Waals surface area contributed by atoms with E-state index in [0.29, 0.717) is 0 Å². The molecule has 0 aliphatic rings. The molecule has 8 nitrogen and oxygen atoms in total. The normalized spacial score (nSPS) is 13.3. The van der Waals surface area contributed by atoms with Crippen molar-refractivity contribution in [1.82, 2.24) is 10.7 Å². The highest BCUT2D eigenvalue weighted by Gasteiger charge is 2.29. The van der Waals surface area contributed by atoms with Crippen LogP contribution in [0.25, 0.3) is 0 Å². The maximum Gasteiger partial charge on any atom is 0.329 e. The van der Waals surface area contributed by atoms with Crippen LogP contribution in [-0.4, -0.2) is 39.8 Å². The summed E-state index contributed by atoms with van der Waals surface area (Å²) >= 11 is 0. The second kappa shape index (κ2) is 10.1. The molecule has 2 aromatic carbocycles. The van der Waals surface area contributed by atoms with Crippen molar-refractivity contribution in [3.8, 4) is 11.5 Å². The molecule has 30 heavy (non-hydrogen) atoms. The van der Waals surface area contributed by atoms with E-state index in [0.717, 1.165) is 11.1 Å². The van der Waals surface area contributed by atoms with Crippen molar-refractivity contribution in [1.29, 1.82) is 0 Å². The van der Waals surface area contributed by atoms with Crippen molar-refractivity contribution >= 4 is 11.9 Å². The summed E-state index contributed by atoms with van der Waals surface area (Å²) in [4.78, 5) is 25.5. The highest BCUT2D eigenvalue weighted by molar-refractivity contribution is 5.88. The summed E-state index contributed by atoms with van der Waals surface area (Å²) < 4.78 is 5.46. The lowest BCUT2D eigenvalue weighted by molar-refractivity contribution is -0.158. The first kappa shape index (κ1) is 23.2. The number of nitrogens with two attached hydrogens (primary N) is 1. The van der Waals surface area contributed by atoms with E-state index < -0.39 is 29.6 Å². The number of carbonyl (C=O) groups is 2. The van der Waals surface area contributed by atoms with E-state index in [1.54, 1.807) is 45.0 Å². The molecule has 0 spiro atoms. The third-order valence-electron chi connectivity index (χ3n) is 4.28. The largest absolute Gasteiger partial charge is 0.508 e. The third-order valence-corrected chi connectivity index (χ3v) is 4.28. The molecule has 0 saturated carbocycles. The van der Waals surface area contributed by atoms with Gasteiger partial charge < -0.3 is 20.3 Å². The number of hydrogen-bond donors (Lipinski definition) is 5. The summed E-state index contributed by atoms with van der Waals surface area (Å²) in [5.74, 6) is 4.78. The van der Waals surface area contributed by atoms with Crippen LogP contribution in [0.15, 0.2) is 48.5 Å². The van der Waals surface area contributed by atoms with E-state index in [-0.39, 0.29) is 24.3 Å². The van der Waals surface area contributed by atoms with Crippen LogP contribution in [-0.2, 0) is 27.2 Å². The number of carbonyl (C=O) groups excluding carboxylic acids is 2. The van der Waals surface area contributed by atoms with Crippen LogP contribution in [0.3, 0.4) is 0 Å². The maximum atomic E-state index is 12.8. The summed E-state index contributed by atoms with van der Waals surface area (Å²) in [5, 5.41) is 21.6. The van der Waals surface area contributed by atoms with Gasteiger partial charge in [-0.2, -0.15) is 0 Å². The minimum atomic E-state index is -0.933. The monoisotopic (exact) mass is 415 g/mol. The molecule has 0 radical (unpaired) electrons. The van der Waals surface area contributed by atoms with E-state index in [4.69, 9.17) is 10.6 Å². The van der Waals surface area contributed by atoms with Gasteiger partial charge in [-0.05, 0) is 62.6 Å². The highest BCUT2D eigenvalue weighted by Crippen LogP contribution is 2.15. The van der Waals surface area contributed by atoms with Gasteiger partial charge in [-0.1, -0.05) is 24.3 Å². The predicted molar refractivity (Wildman–Crippen MR) is 113 cm³/mol. The van der Waals surface area contributed by atoms with Gasteiger partial charge in [-0.25, -0.2) is 10.2 Å². The van der Waals surface area contributed by atoms with Crippen molar-refractivity contribution in [3.05, 3.63) is 59.7 Å². The highest BCUT2D eigenvalue weighted by atomic mass is 16.6. The minimum absolute atomic E-state index is 0.109. The van der Waals surface area contributed by atoms with Gasteiger partial charge in [-0.3, -0.25) is 10.6 Å². The molecule has 0 heterocycles. The second-order valence-corrected chi connectivity index (χ2v) is 8.06. The molecular formula is C22H29N3O5. The van der Waals surface area contributed by atoms with Gasteiger partial charge >= 0.3 is 5.97 Å². The molecule has 162 valence electrons. The van der Waals surface area contributed by atoms with Crippen molar-refractivity contribution in [2.24, 2.45) is 5.84 Å². The fraction of sp³-hybridized carbons (Fsp3) is 0.364. The fourth-order valence-electron chi connectivity index (χ4n) is 2.80. The maximum absolute atomic E-state index is 12.8. The molecule has 2 atom stereocenters. The lowest BCUT2D eigenvalue weighted by Crippen LogP contribution is -2.54. The number of esters is 1. The zero-order valence-electron chi connectivity index (χ0n) is 17.4. The molecule has 0 bridgehead atoms. The molecule has 2 aromatic rings. The van der Waals surface area contributed by atoms with Crippen LogP contribution in [0.1, 0.15) is 31.9 Å². The Balaban J connectivity index is 2.14. The van der Waals surface area contributed by atoms with E-state index in [9.17, 15) is 19.8 Å². The Morgan fingerprint density at radius 3 is 1.73 bits per heavy atom. The van der Waals surface area contributed by atoms with Crippen LogP contribution in [0.5, 0.6) is 11.5 Å². The van der Waals surface area contributed by atoms with Crippen LogP contribution < -0.4 is 16.6 Å². The lowest BCUT2D eigenvalue weighted by Gasteiger charge is -2.26. The SMILES string of the molecule is CC(C)(C)OC(=O)[C@H](Cc1ccc(O)cc1)NC(=O)[C@H](Cc1ccc(O)cc1)NN. The van der Waals surface area contributed by atoms with Gasteiger partial charge in [-0.15, -0.1) is 0 Å². The molecule has 8 heteroatoms. The molecule has 0 aromatic heterocycles. The van der Waals surface area contributed by atoms with Gasteiger partial charge in [0.1, 0.15) is 29.2 Å². The van der Waals surface area contributed by atoms with Gasteiger partial charge in [0.2, 0.25) is 5.91 Å². The van der Waals surface area contributed by atoms with Crippen LogP contribution in [0.4, 0.5) is 0 Å². The van der Waals surface area contributed by atoms with Gasteiger partial charge in [0.15, 0.2) is 0 Å². The molecule has 2 rings (SSSR count). The van der Waals surface area contributed by atoms with Crippen LogP contribution in [0, 0.1) is 0 Å². The summed E-state index contributed by atoms with van der Waals surface area (Å²) in [6, 6.07) is 11.1. The van der Waals surface area contributed by atoms with Crippen LogP contribution in [0.2, 0.25) is 0 Å². The number of ether oxygens (including phenoxy) is 1. The van der Waals surface area contributed by atoms with Gasteiger partial charge in [0.05, 0.1) is 0 Å². The summed E-state index contributed by atoms with van der Waals surface area (Å²) in [5.41, 5.74) is 3.29. The topological polar surface area (TPSA) is 134 Å². The minimum Gasteiger partial charge on any atom is -0.508 e. The van der Waals surface area contributed by atoms with E-state index >= 15 is 0 Å². The quantitative estimate of drug-likeness (QED) is 0.251. The Hall–Kier alpha value is -3.10. The number of hydrazine groups is 1. The van der Waals surface area contributed by atoms with Gasteiger partial charge in [0.25, 0.3) is 0 Å². The molecule has 0 aliphatic heterocycles. The molecule has 0 saturated heterocycles. The number of phenols is 2. The summed E-state index contributed by atoms with van der Waals surface area (Å²) in [6.45, 7) is 5.25. The Bertz CT molecular complexity index is 845. The first-order chi connectivity index (χ1) is 14.1. The average Bonchev–Trinajstić information content (AvgIpc) is 2.67.